The number of carbonyl (C=O) groups is 1. The molecule has 0 aromatic rings. The van der Waals surface area contributed by atoms with Gasteiger partial charge in [0.05, 0.1) is 13.2 Å². The monoisotopic (exact) mass is 208 g/mol. The first-order valence-electron chi connectivity index (χ1n) is 3.73. The maximum absolute atomic E-state index is 10.5. The Labute approximate surface area is 77.8 Å². The zero-order valence-electron chi connectivity index (χ0n) is 6.84. The molecule has 0 amide bonds. The van der Waals surface area contributed by atoms with Crippen LogP contribution in [-0.4, -0.2) is 56.4 Å². The number of nitrogens with zero attached hydrogens (tertiary/aromatic N) is 1. The molecule has 1 aliphatic rings. The van der Waals surface area contributed by atoms with E-state index in [1.165, 1.54) is 4.90 Å². The fraction of sp³-hybridized carbons (Fsp3) is 0.833. The molecular weight excluding hydrogens is 198 g/mol. The smallest absolute Gasteiger partial charge is 0.317 e. The fourth-order valence-electron chi connectivity index (χ4n) is 1.12. The van der Waals surface area contributed by atoms with Gasteiger partial charge in [-0.15, -0.1) is 0 Å². The second-order valence-electron chi connectivity index (χ2n) is 2.69. The lowest BCUT2D eigenvalue weighted by Crippen LogP contribution is -2.46. The van der Waals surface area contributed by atoms with Gasteiger partial charge in [-0.2, -0.15) is 0 Å². The predicted molar refractivity (Wildman–Crippen MR) is 42.7 cm³/mol. The number of carboxylic acid groups (broad SMARTS) is 1. The molecule has 0 aromatic heterocycles. The van der Waals surface area contributed by atoms with Crippen molar-refractivity contribution in [3.05, 3.63) is 0 Å². The Morgan fingerprint density at radius 1 is 1.77 bits per heavy atom. The second-order valence-corrected chi connectivity index (χ2v) is 3.74. The van der Waals surface area contributed by atoms with Crippen LogP contribution in [0.4, 0.5) is 0 Å². The summed E-state index contributed by atoms with van der Waals surface area (Å²) in [5, 5.41) is 8.45. The zero-order chi connectivity index (χ0) is 9.84. The van der Waals surface area contributed by atoms with E-state index in [1.807, 2.05) is 0 Å². The molecule has 6 nitrogen and oxygen atoms in total. The summed E-state index contributed by atoms with van der Waals surface area (Å²) in [6, 6.07) is 0. The van der Waals surface area contributed by atoms with Crippen LogP contribution in [0.2, 0.25) is 0 Å². The average molecular weight is 208 g/mol. The van der Waals surface area contributed by atoms with Crippen molar-refractivity contribution >= 4 is 17.0 Å². The van der Waals surface area contributed by atoms with Crippen LogP contribution in [0.25, 0.3) is 0 Å². The normalized spacial score (nSPS) is 27.0. The van der Waals surface area contributed by atoms with Crippen LogP contribution in [0.3, 0.4) is 0 Å². The van der Waals surface area contributed by atoms with Crippen LogP contribution in [0, 0.1) is 0 Å². The van der Waals surface area contributed by atoms with Crippen LogP contribution >= 0.6 is 0 Å². The lowest BCUT2D eigenvalue weighted by atomic mass is 10.4. The molecule has 0 radical (unpaired) electrons. The van der Waals surface area contributed by atoms with Crippen molar-refractivity contribution in [2.75, 3.05) is 26.2 Å². The second kappa shape index (κ2) is 4.66. The van der Waals surface area contributed by atoms with E-state index in [9.17, 15) is 13.6 Å². The molecule has 1 aliphatic heterocycles. The summed E-state index contributed by atoms with van der Waals surface area (Å²) in [6.45, 7) is 0.700. The largest absolute Gasteiger partial charge is 0.770 e. The molecule has 1 heterocycles. The standard InChI is InChI=1S/C6H11NO5S/c8-5(9)3-7-1-2-12-6(4-7)13(10)11/h6H,1-4H2,(H,8,9)(H,10,11)/p-1/t6-/m0/s1. The highest BCUT2D eigenvalue weighted by molar-refractivity contribution is 7.79. The number of aliphatic carboxylic acids is 1. The van der Waals surface area contributed by atoms with Crippen molar-refractivity contribution in [1.29, 1.82) is 0 Å². The third-order valence-electron chi connectivity index (χ3n) is 1.69. The minimum Gasteiger partial charge on any atom is -0.770 e. The highest BCUT2D eigenvalue weighted by Gasteiger charge is 2.22. The van der Waals surface area contributed by atoms with Crippen molar-refractivity contribution in [1.82, 2.24) is 4.90 Å². The van der Waals surface area contributed by atoms with Crippen molar-refractivity contribution in [2.45, 2.75) is 5.44 Å². The Hall–Kier alpha value is -0.500. The third kappa shape index (κ3) is 3.39. The van der Waals surface area contributed by atoms with Crippen LogP contribution in [-0.2, 0) is 20.6 Å². The molecule has 1 N–H and O–H groups in total. The van der Waals surface area contributed by atoms with E-state index >= 15 is 0 Å². The number of hydrogen-bond donors (Lipinski definition) is 1. The molecule has 1 saturated heterocycles. The van der Waals surface area contributed by atoms with Gasteiger partial charge in [0, 0.05) is 13.1 Å². The quantitative estimate of drug-likeness (QED) is 0.574. The summed E-state index contributed by atoms with van der Waals surface area (Å²) in [6.07, 6.45) is 0. The van der Waals surface area contributed by atoms with Gasteiger partial charge in [-0.25, -0.2) is 0 Å². The molecule has 1 fully saturated rings. The molecule has 0 saturated carbocycles. The molecule has 1 unspecified atom stereocenters. The SMILES string of the molecule is O=C(O)CN1CCO[C@@H](S(=O)[O-])C1. The number of carboxylic acids is 1. The Kier molecular flexibility index (Phi) is 3.79. The topological polar surface area (TPSA) is 89.9 Å². The van der Waals surface area contributed by atoms with Gasteiger partial charge in [0.25, 0.3) is 0 Å². The third-order valence-corrected chi connectivity index (χ3v) is 2.41. The number of hydrogen-bond acceptors (Lipinski definition) is 5. The summed E-state index contributed by atoms with van der Waals surface area (Å²) in [5.74, 6) is -0.961. The van der Waals surface area contributed by atoms with Gasteiger partial charge in [-0.3, -0.25) is 13.9 Å². The number of morpholine rings is 1. The van der Waals surface area contributed by atoms with Gasteiger partial charge < -0.3 is 14.4 Å². The Bertz CT molecular complexity index is 221. The average Bonchev–Trinajstić information content (AvgIpc) is 2.03. The molecule has 2 atom stereocenters. The molecule has 0 aliphatic carbocycles. The minimum atomic E-state index is -2.29. The van der Waals surface area contributed by atoms with Crippen LogP contribution < -0.4 is 0 Å². The van der Waals surface area contributed by atoms with Gasteiger partial charge in [0.2, 0.25) is 0 Å². The molecule has 1 rings (SSSR count). The van der Waals surface area contributed by atoms with Crippen molar-refractivity contribution < 1.29 is 23.4 Å². The summed E-state index contributed by atoms with van der Waals surface area (Å²) in [5.41, 5.74) is -0.895. The minimum absolute atomic E-state index is 0.127. The van der Waals surface area contributed by atoms with E-state index < -0.39 is 22.5 Å². The van der Waals surface area contributed by atoms with Gasteiger partial charge in [0.1, 0.15) is 5.44 Å². The van der Waals surface area contributed by atoms with Crippen LogP contribution in [0.5, 0.6) is 0 Å². The lowest BCUT2D eigenvalue weighted by molar-refractivity contribution is -0.139. The summed E-state index contributed by atoms with van der Waals surface area (Å²) < 4.78 is 25.9. The molecule has 0 aromatic carbocycles. The van der Waals surface area contributed by atoms with Gasteiger partial charge in [-0.1, -0.05) is 0 Å². The van der Waals surface area contributed by atoms with E-state index in [2.05, 4.69) is 0 Å². The summed E-state index contributed by atoms with van der Waals surface area (Å²) in [7, 11) is 0. The highest BCUT2D eigenvalue weighted by Crippen LogP contribution is 2.06. The van der Waals surface area contributed by atoms with E-state index in [1.54, 1.807) is 0 Å². The van der Waals surface area contributed by atoms with E-state index in [4.69, 9.17) is 9.84 Å². The highest BCUT2D eigenvalue weighted by atomic mass is 32.2. The van der Waals surface area contributed by atoms with E-state index in [0.29, 0.717) is 6.54 Å². The maximum Gasteiger partial charge on any atom is 0.317 e. The van der Waals surface area contributed by atoms with Gasteiger partial charge >= 0.3 is 5.97 Å². The predicted octanol–water partition coefficient (Wildman–Crippen LogP) is -1.39. The van der Waals surface area contributed by atoms with Gasteiger partial charge in [0.15, 0.2) is 0 Å². The Morgan fingerprint density at radius 2 is 2.46 bits per heavy atom. The molecule has 7 heteroatoms. The van der Waals surface area contributed by atoms with Gasteiger partial charge in [-0.05, 0) is 11.1 Å². The van der Waals surface area contributed by atoms with Crippen molar-refractivity contribution in [3.8, 4) is 0 Å². The summed E-state index contributed by atoms with van der Waals surface area (Å²) >= 11 is -2.29. The Morgan fingerprint density at radius 3 is 3.00 bits per heavy atom. The lowest BCUT2D eigenvalue weighted by Gasteiger charge is -2.32. The molecule has 0 bridgehead atoms. The van der Waals surface area contributed by atoms with Crippen molar-refractivity contribution in [3.63, 3.8) is 0 Å². The van der Waals surface area contributed by atoms with E-state index in [0.717, 1.165) is 0 Å². The first-order chi connectivity index (χ1) is 6.09. The number of rotatable bonds is 3. The first-order valence-corrected chi connectivity index (χ1v) is 4.87. The molecular formula is C6H10NO5S-. The summed E-state index contributed by atoms with van der Waals surface area (Å²) in [4.78, 5) is 11.8. The zero-order valence-corrected chi connectivity index (χ0v) is 7.66. The fourth-order valence-corrected chi connectivity index (χ4v) is 1.66. The molecule has 0 spiro atoms. The molecule has 13 heavy (non-hydrogen) atoms. The van der Waals surface area contributed by atoms with E-state index in [-0.39, 0.29) is 19.7 Å². The Balaban J connectivity index is 2.41. The number of ether oxygens (including phenoxy) is 1. The van der Waals surface area contributed by atoms with Crippen LogP contribution in [0.1, 0.15) is 0 Å². The van der Waals surface area contributed by atoms with Crippen LogP contribution in [0.15, 0.2) is 0 Å². The first kappa shape index (κ1) is 10.6. The molecule has 76 valence electrons. The van der Waals surface area contributed by atoms with Crippen molar-refractivity contribution in [2.24, 2.45) is 0 Å². The maximum atomic E-state index is 10.5.